The van der Waals surface area contributed by atoms with E-state index in [1.807, 2.05) is 31.2 Å². The molecule has 12 atom stereocenters. The Kier molecular flexibility index (Phi) is 24.4. The molecule has 5 aliphatic rings. The summed E-state index contributed by atoms with van der Waals surface area (Å²) in [6.45, 7) is 18.0. The van der Waals surface area contributed by atoms with Gasteiger partial charge in [0.05, 0.1) is 30.7 Å². The average molecular weight is 1290 g/mol. The number of nitrogens with two attached hydrogens (primary N) is 2. The van der Waals surface area contributed by atoms with Gasteiger partial charge in [-0.05, 0) is 151 Å². The van der Waals surface area contributed by atoms with Gasteiger partial charge in [0.1, 0.15) is 35.9 Å². The lowest BCUT2D eigenvalue weighted by Gasteiger charge is -2.64. The molecule has 2 bridgehead atoms. The Morgan fingerprint density at radius 1 is 0.677 bits per heavy atom. The third kappa shape index (κ3) is 20.3. The van der Waals surface area contributed by atoms with Gasteiger partial charge in [-0.2, -0.15) is 0 Å². The van der Waals surface area contributed by atoms with Crippen molar-refractivity contribution in [3.8, 4) is 11.1 Å². The largest absolute Gasteiger partial charge is 0.480 e. The van der Waals surface area contributed by atoms with Crippen molar-refractivity contribution in [3.63, 3.8) is 0 Å². The second kappa shape index (κ2) is 31.3. The van der Waals surface area contributed by atoms with Gasteiger partial charge < -0.3 is 77.3 Å². The van der Waals surface area contributed by atoms with Crippen molar-refractivity contribution in [3.05, 3.63) is 95.6 Å². The number of esters is 1. The normalized spacial score (nSPS) is 22.0. The molecule has 3 aromatic carbocycles. The van der Waals surface area contributed by atoms with Crippen molar-refractivity contribution < 1.29 is 76.6 Å². The number of nitrogens with one attached hydrogen (secondary N) is 7. The van der Waals surface area contributed by atoms with Crippen LogP contribution in [0.5, 0.6) is 0 Å². The Bertz CT molecular complexity index is 3160. The number of carbonyl (C=O) groups excluding carboxylic acids is 9. The lowest BCUT2D eigenvalue weighted by Crippen LogP contribution is -2.65. The number of carboxylic acid groups (broad SMARTS) is 1. The molecule has 3 aromatic rings. The number of unbranched alkanes of at least 4 members (excludes halogenated alkanes) is 2. The number of aliphatic carboxylic acids is 1. The van der Waals surface area contributed by atoms with Gasteiger partial charge in [-0.25, -0.2) is 14.4 Å². The quantitative estimate of drug-likeness (QED) is 0.0129. The number of hydrogen-bond acceptors (Lipinski definition) is 17. The highest BCUT2D eigenvalue weighted by atomic mass is 16.7. The topological polar surface area (TPSA) is 373 Å². The van der Waals surface area contributed by atoms with Gasteiger partial charge in [0.15, 0.2) is 11.9 Å². The molecule has 506 valence electrons. The highest BCUT2D eigenvalue weighted by Gasteiger charge is 2.68. The first kappa shape index (κ1) is 72.5. The number of ketones is 1. The molecule has 0 aromatic heterocycles. The number of aryl methyl sites for hydroxylation is 1. The summed E-state index contributed by atoms with van der Waals surface area (Å²) in [4.78, 5) is 137. The van der Waals surface area contributed by atoms with Crippen molar-refractivity contribution in [1.82, 2.24) is 37.2 Å². The molecule has 0 radical (unpaired) electrons. The van der Waals surface area contributed by atoms with Crippen LogP contribution in [0, 0.1) is 29.1 Å². The monoisotopic (exact) mass is 1290 g/mol. The lowest BCUT2D eigenvalue weighted by molar-refractivity contribution is -0.199. The van der Waals surface area contributed by atoms with Crippen LogP contribution in [-0.2, 0) is 70.1 Å². The van der Waals surface area contributed by atoms with Crippen LogP contribution in [0.2, 0.25) is 0 Å². The molecule has 4 saturated carbocycles. The maximum atomic E-state index is 14.7. The number of ether oxygens (including phenoxy) is 3. The second-order valence-corrected chi connectivity index (χ2v) is 27.7. The fourth-order valence-electron chi connectivity index (χ4n) is 12.4. The van der Waals surface area contributed by atoms with E-state index in [1.165, 1.54) is 5.56 Å². The SMILES string of the molecule is CCCCc1ccc(-c2ccc(C(=O)N[C@@H](CNC(=O)OC(C)(C)C)C(=O)N[C@H](C(=O)N[C@@H](N)C(=O)N[C@@H](CCCCNC(=O)OC(C)(C)C)C(=O)C[C@@H](N)B3OC4C[C@@H]5C[C@@H](C5(C)C)[C@]4(C)O3)C3CC3C(=O)N[C@H](CC(=O)OCc3ccccc3)C(=O)O)cc2)cc1. The Hall–Kier alpha value is -7.94. The van der Waals surface area contributed by atoms with Crippen LogP contribution in [0.25, 0.3) is 11.1 Å². The Balaban J connectivity index is 1.09. The summed E-state index contributed by atoms with van der Waals surface area (Å²) in [6.07, 6.45) is 0.519. The van der Waals surface area contributed by atoms with Crippen LogP contribution in [0.3, 0.4) is 0 Å². The van der Waals surface area contributed by atoms with E-state index in [0.717, 1.165) is 43.2 Å². The first-order chi connectivity index (χ1) is 43.7. The molecule has 93 heavy (non-hydrogen) atoms. The number of carbonyl (C=O) groups is 10. The minimum atomic E-state index is -1.93. The second-order valence-electron chi connectivity index (χ2n) is 27.7. The predicted molar refractivity (Wildman–Crippen MR) is 344 cm³/mol. The number of benzene rings is 3. The molecule has 26 heteroatoms. The Morgan fingerprint density at radius 2 is 1.31 bits per heavy atom. The van der Waals surface area contributed by atoms with E-state index in [4.69, 9.17) is 35.0 Å². The van der Waals surface area contributed by atoms with Gasteiger partial charge in [-0.3, -0.25) is 33.6 Å². The van der Waals surface area contributed by atoms with Crippen LogP contribution >= 0.6 is 0 Å². The van der Waals surface area contributed by atoms with Crippen LogP contribution in [-0.4, -0.2) is 144 Å². The zero-order chi connectivity index (χ0) is 68.2. The van der Waals surface area contributed by atoms with Crippen molar-refractivity contribution in [2.24, 2.45) is 40.6 Å². The summed E-state index contributed by atoms with van der Waals surface area (Å²) in [5.74, 6) is -10.5. The van der Waals surface area contributed by atoms with Gasteiger partial charge in [0, 0.05) is 36.3 Å². The first-order valence-electron chi connectivity index (χ1n) is 32.2. The molecule has 1 heterocycles. The van der Waals surface area contributed by atoms with E-state index in [1.54, 1.807) is 96.1 Å². The summed E-state index contributed by atoms with van der Waals surface area (Å²) in [7, 11) is -0.927. The standard InChI is InChI=1S/C67H94BN9O16/c1-11-12-18-38-22-24-40(25-23-38)41-26-28-42(29-27-41)56(80)75-48(36-72-63(88)91-65(5,6)7)58(82)76-54(44-33-45(44)57(81)74-47(61(85)86)34-53(79)89-37-39-19-14-13-15-20-39)59(83)77-55(70)60(84)73-46(21-16-17-30-71-62(87)90-64(2,3)4)49(78)35-52(69)68-92-51-32-43-31-50(66(43,8)9)67(51,10)93-68/h13-15,19-20,22-29,43-48,50-52,54-55H,11-12,16-18,21,30-37,69-70H2,1-10H3,(H,71,87)(H,72,88)(H,73,84)(H,74,81)(H,75,80)(H,76,82)(H,77,83)(H,85,86)/t43-,44?,45?,46-,47+,48-,50-,51?,52+,54-,55+,67-/m0/s1. The fraction of sp³-hybridized carbons (Fsp3) is 0.582. The van der Waals surface area contributed by atoms with Gasteiger partial charge in [0.25, 0.3) is 11.8 Å². The van der Waals surface area contributed by atoms with E-state index in [9.17, 15) is 53.1 Å². The zero-order valence-corrected chi connectivity index (χ0v) is 55.1. The minimum Gasteiger partial charge on any atom is -0.480 e. The van der Waals surface area contributed by atoms with Gasteiger partial charge in [-0.15, -0.1) is 0 Å². The molecule has 4 aliphatic carbocycles. The van der Waals surface area contributed by atoms with E-state index < -0.39 is 144 Å². The highest BCUT2D eigenvalue weighted by molar-refractivity contribution is 6.48. The van der Waals surface area contributed by atoms with E-state index in [2.05, 4.69) is 58.0 Å². The molecular formula is C67H94BN9O16. The number of carboxylic acids is 1. The van der Waals surface area contributed by atoms with Gasteiger partial charge in [0.2, 0.25) is 17.7 Å². The number of amides is 7. The maximum Gasteiger partial charge on any atom is 0.476 e. The fourth-order valence-corrected chi connectivity index (χ4v) is 12.4. The van der Waals surface area contributed by atoms with Crippen LogP contribution in [0.1, 0.15) is 155 Å². The number of Topliss-reactive ketones (excluding diaryl/α,β-unsaturated/α-hetero) is 1. The molecule has 7 amide bonds. The number of hydrogen-bond donors (Lipinski definition) is 10. The van der Waals surface area contributed by atoms with Crippen LogP contribution in [0.15, 0.2) is 78.9 Å². The lowest BCUT2D eigenvalue weighted by atomic mass is 9.43. The molecule has 1 aliphatic heterocycles. The molecule has 3 unspecified atom stereocenters. The van der Waals surface area contributed by atoms with Crippen molar-refractivity contribution in [2.45, 2.75) is 206 Å². The Labute approximate surface area is 544 Å². The van der Waals surface area contributed by atoms with E-state index >= 15 is 0 Å². The van der Waals surface area contributed by atoms with Gasteiger partial charge >= 0.3 is 31.2 Å². The summed E-state index contributed by atoms with van der Waals surface area (Å²) in [5.41, 5.74) is 14.5. The highest BCUT2D eigenvalue weighted by Crippen LogP contribution is 2.65. The number of rotatable bonds is 31. The summed E-state index contributed by atoms with van der Waals surface area (Å²) in [6, 6.07) is 16.8. The third-order valence-electron chi connectivity index (χ3n) is 17.8. The summed E-state index contributed by atoms with van der Waals surface area (Å²) in [5, 5.41) is 27.8. The maximum absolute atomic E-state index is 14.7. The minimum absolute atomic E-state index is 0.0276. The van der Waals surface area contributed by atoms with E-state index in [0.29, 0.717) is 17.9 Å². The van der Waals surface area contributed by atoms with Gasteiger partial charge in [-0.1, -0.05) is 93.9 Å². The van der Waals surface area contributed by atoms with Crippen molar-refractivity contribution in [2.75, 3.05) is 13.1 Å². The molecule has 0 spiro atoms. The van der Waals surface area contributed by atoms with Crippen molar-refractivity contribution >= 4 is 66.6 Å². The summed E-state index contributed by atoms with van der Waals surface area (Å²) < 4.78 is 28.9. The van der Waals surface area contributed by atoms with Crippen molar-refractivity contribution in [1.29, 1.82) is 0 Å². The van der Waals surface area contributed by atoms with Crippen LogP contribution in [0.4, 0.5) is 9.59 Å². The predicted octanol–water partition coefficient (Wildman–Crippen LogP) is 5.28. The molecule has 5 fully saturated rings. The first-order valence-corrected chi connectivity index (χ1v) is 32.2. The van der Waals surface area contributed by atoms with E-state index in [-0.39, 0.29) is 61.8 Å². The molecule has 25 nitrogen and oxygen atoms in total. The zero-order valence-electron chi connectivity index (χ0n) is 55.1. The average Bonchev–Trinajstić information content (AvgIpc) is 1.68. The Morgan fingerprint density at radius 3 is 1.92 bits per heavy atom. The third-order valence-corrected chi connectivity index (χ3v) is 17.8. The summed E-state index contributed by atoms with van der Waals surface area (Å²) >= 11 is 0. The smallest absolute Gasteiger partial charge is 0.476 e. The molecule has 8 rings (SSSR count). The molecule has 1 saturated heterocycles. The number of alkyl carbamates (subject to hydrolysis) is 2. The molecule has 12 N–H and O–H groups in total. The molecular weight excluding hydrogens is 1200 g/mol. The van der Waals surface area contributed by atoms with Crippen LogP contribution < -0.4 is 48.7 Å².